The molecule has 1 atom stereocenters. The van der Waals surface area contributed by atoms with Crippen LogP contribution in [-0.4, -0.2) is 0 Å². The molecule has 1 heterocycles. The summed E-state index contributed by atoms with van der Waals surface area (Å²) in [4.78, 5) is 1.99. The lowest BCUT2D eigenvalue weighted by molar-refractivity contribution is 0.704. The minimum Gasteiger partial charge on any atom is -0.398 e. The Labute approximate surface area is 197 Å². The monoisotopic (exact) mass is 440 g/mol. The van der Waals surface area contributed by atoms with E-state index in [1.807, 2.05) is 30.3 Å². The van der Waals surface area contributed by atoms with Crippen molar-refractivity contribution in [2.24, 2.45) is 0 Å². The van der Waals surface area contributed by atoms with Crippen molar-refractivity contribution in [2.45, 2.75) is 15.2 Å². The van der Waals surface area contributed by atoms with Crippen molar-refractivity contribution in [3.05, 3.63) is 137 Å². The molecular weight excluding hydrogens is 420 g/mol. The number of anilines is 1. The van der Waals surface area contributed by atoms with Crippen LogP contribution in [-0.2, 0) is 5.41 Å². The maximum atomic E-state index is 9.97. The van der Waals surface area contributed by atoms with Crippen LogP contribution < -0.4 is 5.73 Å². The summed E-state index contributed by atoms with van der Waals surface area (Å²) >= 11 is 1.61. The minimum absolute atomic E-state index is 0.594. The van der Waals surface area contributed by atoms with Crippen LogP contribution in [0.3, 0.4) is 0 Å². The number of nitrogens with zero attached hydrogens (tertiary/aromatic N) is 1. The summed E-state index contributed by atoms with van der Waals surface area (Å²) in [6.45, 7) is 0. The molecule has 1 unspecified atom stereocenters. The van der Waals surface area contributed by atoms with Crippen molar-refractivity contribution in [1.29, 1.82) is 5.26 Å². The number of nitriles is 1. The van der Waals surface area contributed by atoms with E-state index in [1.165, 1.54) is 10.8 Å². The first-order valence-corrected chi connectivity index (χ1v) is 11.7. The molecule has 0 spiro atoms. The van der Waals surface area contributed by atoms with Crippen LogP contribution in [0.25, 0.3) is 10.8 Å². The van der Waals surface area contributed by atoms with Gasteiger partial charge in [-0.15, -0.1) is 0 Å². The van der Waals surface area contributed by atoms with Gasteiger partial charge in [0.2, 0.25) is 0 Å². The normalized spacial score (nSPS) is 16.6. The molecule has 0 fully saturated rings. The van der Waals surface area contributed by atoms with Gasteiger partial charge in [0, 0.05) is 15.5 Å². The number of nitrogens with two attached hydrogens (primary N) is 1. The van der Waals surface area contributed by atoms with Crippen LogP contribution in [0.1, 0.15) is 27.8 Å². The molecule has 1 aliphatic rings. The second-order valence-corrected chi connectivity index (χ2v) is 9.32. The lowest BCUT2D eigenvalue weighted by atomic mass is 9.64. The Morgan fingerprint density at radius 3 is 2.12 bits per heavy atom. The van der Waals surface area contributed by atoms with Gasteiger partial charge < -0.3 is 5.73 Å². The molecule has 0 radical (unpaired) electrons. The molecular formula is C30H20N2S. The Kier molecular flexibility index (Phi) is 4.50. The summed E-state index contributed by atoms with van der Waals surface area (Å²) < 4.78 is 0. The lowest BCUT2D eigenvalue weighted by Gasteiger charge is -2.42. The van der Waals surface area contributed by atoms with Crippen molar-refractivity contribution < 1.29 is 0 Å². The van der Waals surface area contributed by atoms with E-state index < -0.39 is 5.41 Å². The summed E-state index contributed by atoms with van der Waals surface area (Å²) in [5, 5.41) is 12.4. The van der Waals surface area contributed by atoms with Crippen LogP contribution in [0.2, 0.25) is 0 Å². The van der Waals surface area contributed by atoms with E-state index in [2.05, 4.69) is 84.9 Å². The zero-order chi connectivity index (χ0) is 22.4. The standard InChI is InChI=1S/C30H20N2S/c31-19-22-10-6-13-25-28(22)33-29-26(14-7-15-27(29)32)30(25,23-11-2-1-3-12-23)24-17-16-20-8-4-5-9-21(20)18-24/h1-18H,32H2. The van der Waals surface area contributed by atoms with Gasteiger partial charge in [-0.1, -0.05) is 103 Å². The molecule has 0 saturated carbocycles. The predicted molar refractivity (Wildman–Crippen MR) is 136 cm³/mol. The highest BCUT2D eigenvalue weighted by Gasteiger charge is 2.45. The van der Waals surface area contributed by atoms with Crippen molar-refractivity contribution in [3.8, 4) is 6.07 Å². The van der Waals surface area contributed by atoms with Crippen LogP contribution in [0.15, 0.2) is 119 Å². The molecule has 33 heavy (non-hydrogen) atoms. The van der Waals surface area contributed by atoms with E-state index in [0.717, 1.165) is 37.7 Å². The molecule has 2 N–H and O–H groups in total. The molecule has 2 nitrogen and oxygen atoms in total. The molecule has 0 aromatic heterocycles. The molecule has 0 saturated heterocycles. The van der Waals surface area contributed by atoms with Gasteiger partial charge in [0.25, 0.3) is 0 Å². The molecule has 0 bridgehead atoms. The van der Waals surface area contributed by atoms with E-state index in [-0.39, 0.29) is 0 Å². The third kappa shape index (κ3) is 2.81. The summed E-state index contributed by atoms with van der Waals surface area (Å²) in [7, 11) is 0. The number of hydrogen-bond acceptors (Lipinski definition) is 3. The van der Waals surface area contributed by atoms with Crippen molar-refractivity contribution in [2.75, 3.05) is 5.73 Å². The molecule has 156 valence electrons. The van der Waals surface area contributed by atoms with Gasteiger partial charge in [-0.05, 0) is 51.2 Å². The van der Waals surface area contributed by atoms with Gasteiger partial charge in [-0.25, -0.2) is 0 Å². The second-order valence-electron chi connectivity index (χ2n) is 8.30. The van der Waals surface area contributed by atoms with Gasteiger partial charge in [0.05, 0.1) is 11.0 Å². The largest absolute Gasteiger partial charge is 0.398 e. The molecule has 3 heteroatoms. The van der Waals surface area contributed by atoms with Crippen molar-refractivity contribution in [1.82, 2.24) is 0 Å². The summed E-state index contributed by atoms with van der Waals surface area (Å²) in [6.07, 6.45) is 0. The van der Waals surface area contributed by atoms with E-state index >= 15 is 0 Å². The first-order chi connectivity index (χ1) is 16.2. The van der Waals surface area contributed by atoms with Crippen molar-refractivity contribution in [3.63, 3.8) is 0 Å². The van der Waals surface area contributed by atoms with Crippen LogP contribution >= 0.6 is 11.8 Å². The first-order valence-electron chi connectivity index (χ1n) is 10.9. The van der Waals surface area contributed by atoms with Gasteiger partial charge in [-0.2, -0.15) is 5.26 Å². The third-order valence-electron chi connectivity index (χ3n) is 6.58. The fourth-order valence-corrected chi connectivity index (χ4v) is 6.42. The van der Waals surface area contributed by atoms with Crippen molar-refractivity contribution >= 4 is 28.2 Å². The summed E-state index contributed by atoms with van der Waals surface area (Å²) in [5.74, 6) is 0. The summed E-state index contributed by atoms with van der Waals surface area (Å²) in [6, 6.07) is 40.3. The number of nitrogen functional groups attached to an aromatic ring is 1. The average molecular weight is 441 g/mol. The Morgan fingerprint density at radius 1 is 0.636 bits per heavy atom. The Balaban J connectivity index is 1.83. The van der Waals surface area contributed by atoms with E-state index in [1.54, 1.807) is 11.8 Å². The minimum atomic E-state index is -0.594. The highest BCUT2D eigenvalue weighted by molar-refractivity contribution is 7.99. The first kappa shape index (κ1) is 19.7. The van der Waals surface area contributed by atoms with Gasteiger partial charge >= 0.3 is 0 Å². The number of rotatable bonds is 2. The quantitative estimate of drug-likeness (QED) is 0.291. The predicted octanol–water partition coefficient (Wildman–Crippen LogP) is 7.14. The van der Waals surface area contributed by atoms with E-state index in [9.17, 15) is 5.26 Å². The Morgan fingerprint density at radius 2 is 1.33 bits per heavy atom. The van der Waals surface area contributed by atoms with Crippen LogP contribution in [0, 0.1) is 11.3 Å². The SMILES string of the molecule is N#Cc1cccc2c1Sc1c(N)cccc1C2(c1ccccc1)c1ccc2ccccc2c1. The van der Waals surface area contributed by atoms with Gasteiger partial charge in [0.15, 0.2) is 0 Å². The number of fused-ring (bicyclic) bond motifs is 3. The second kappa shape index (κ2) is 7.55. The van der Waals surface area contributed by atoms with Crippen LogP contribution in [0.5, 0.6) is 0 Å². The zero-order valence-electron chi connectivity index (χ0n) is 17.8. The Bertz CT molecular complexity index is 1570. The average Bonchev–Trinajstić information content (AvgIpc) is 2.88. The lowest BCUT2D eigenvalue weighted by Crippen LogP contribution is -2.34. The maximum absolute atomic E-state index is 9.97. The fraction of sp³-hybridized carbons (Fsp3) is 0.0333. The van der Waals surface area contributed by atoms with Crippen LogP contribution in [0.4, 0.5) is 5.69 Å². The summed E-state index contributed by atoms with van der Waals surface area (Å²) in [5.41, 5.74) is 12.0. The molecule has 1 aliphatic heterocycles. The zero-order valence-corrected chi connectivity index (χ0v) is 18.6. The topological polar surface area (TPSA) is 49.8 Å². The smallest absolute Gasteiger partial charge is 0.100 e. The van der Waals surface area contributed by atoms with E-state index in [0.29, 0.717) is 5.56 Å². The Hall–Kier alpha value is -4.00. The fourth-order valence-electron chi connectivity index (χ4n) is 5.14. The van der Waals surface area contributed by atoms with Gasteiger partial charge in [-0.3, -0.25) is 0 Å². The molecule has 0 aliphatic carbocycles. The molecule has 5 aromatic carbocycles. The maximum Gasteiger partial charge on any atom is 0.100 e. The third-order valence-corrected chi connectivity index (χ3v) is 7.89. The van der Waals surface area contributed by atoms with Gasteiger partial charge in [0.1, 0.15) is 6.07 Å². The molecule has 5 aromatic rings. The molecule has 6 rings (SSSR count). The highest BCUT2D eigenvalue weighted by atomic mass is 32.2. The number of benzene rings is 5. The number of hydrogen-bond donors (Lipinski definition) is 1. The molecule has 0 amide bonds. The van der Waals surface area contributed by atoms with E-state index in [4.69, 9.17) is 5.73 Å². The highest BCUT2D eigenvalue weighted by Crippen LogP contribution is 2.57.